The third-order valence-corrected chi connectivity index (χ3v) is 0.957. The number of hydrogen-bond acceptors (Lipinski definition) is 3. The van der Waals surface area contributed by atoms with E-state index in [2.05, 4.69) is 44.7 Å². The first-order valence-electron chi connectivity index (χ1n) is 5.13. The summed E-state index contributed by atoms with van der Waals surface area (Å²) < 4.78 is 0. The second-order valence-electron chi connectivity index (χ2n) is 2.60. The minimum atomic E-state index is 1.11. The van der Waals surface area contributed by atoms with Crippen LogP contribution < -0.4 is 5.32 Å². The fraction of sp³-hybridized carbons (Fsp3) is 1.00. The van der Waals surface area contributed by atoms with E-state index >= 15 is 0 Å². The summed E-state index contributed by atoms with van der Waals surface area (Å²) in [5, 5.41) is 3.25. The summed E-state index contributed by atoms with van der Waals surface area (Å²) in [4.78, 5) is 0. The molecule has 84 valence electrons. The molecule has 13 heavy (non-hydrogen) atoms. The fourth-order valence-corrected chi connectivity index (χ4v) is 0.479. The maximum atomic E-state index is 3.71. The van der Waals surface area contributed by atoms with Crippen LogP contribution >= 0.6 is 22.5 Å². The molecule has 0 heterocycles. The second-order valence-corrected chi connectivity index (χ2v) is 4.06. The first-order chi connectivity index (χ1) is 6.24. The quantitative estimate of drug-likeness (QED) is 0.426. The van der Waals surface area contributed by atoms with E-state index in [-0.39, 0.29) is 0 Å². The van der Waals surface area contributed by atoms with Gasteiger partial charge in [-0.25, -0.2) is 0 Å². The molecule has 0 saturated heterocycles. The zero-order chi connectivity index (χ0) is 10.9. The molecule has 0 aromatic carbocycles. The van der Waals surface area contributed by atoms with E-state index in [9.17, 15) is 0 Å². The lowest BCUT2D eigenvalue weighted by atomic mass is 10.3. The normalized spacial score (nSPS) is 7.85. The summed E-state index contributed by atoms with van der Waals surface area (Å²) in [6, 6.07) is 0. The van der Waals surface area contributed by atoms with Crippen LogP contribution in [0.4, 0.5) is 0 Å². The van der Waals surface area contributed by atoms with Gasteiger partial charge in [0.15, 0.2) is 0 Å². The van der Waals surface area contributed by atoms with Gasteiger partial charge in [-0.2, -0.15) is 0 Å². The van der Waals surface area contributed by atoms with Crippen molar-refractivity contribution >= 4 is 22.5 Å². The standard InChI is InChI=1S/C6H15N.C3H8.CH4S2/c1-3-5-6-7-4-2;2*1-3-2/h7H,3-6H2,1-2H3;3H2,1-2H3;2H,1H3. The molecule has 0 aliphatic rings. The number of nitrogens with one attached hydrogen (secondary N) is 1. The predicted molar refractivity (Wildman–Crippen MR) is 71.9 cm³/mol. The second kappa shape index (κ2) is 29.3. The summed E-state index contributed by atoms with van der Waals surface area (Å²) in [6.07, 6.45) is 5.77. The number of hydrogen-bond donors (Lipinski definition) is 2. The maximum absolute atomic E-state index is 3.71. The van der Waals surface area contributed by atoms with Gasteiger partial charge in [-0.1, -0.05) is 40.5 Å². The molecule has 0 saturated carbocycles. The van der Waals surface area contributed by atoms with Crippen LogP contribution in [0.1, 0.15) is 47.0 Å². The van der Waals surface area contributed by atoms with Crippen molar-refractivity contribution in [3.8, 4) is 0 Å². The SMILES string of the molecule is CCC.CCCCNCC.CSS. The van der Waals surface area contributed by atoms with E-state index in [1.165, 1.54) is 36.6 Å². The molecule has 1 N–H and O–H groups in total. The minimum Gasteiger partial charge on any atom is -0.317 e. The molecule has 0 aromatic heterocycles. The van der Waals surface area contributed by atoms with Crippen LogP contribution in [-0.4, -0.2) is 19.3 Å². The lowest BCUT2D eigenvalue weighted by Crippen LogP contribution is -2.13. The molecule has 0 spiro atoms. The van der Waals surface area contributed by atoms with Gasteiger partial charge in [0.1, 0.15) is 0 Å². The Morgan fingerprint density at radius 2 is 1.54 bits per heavy atom. The van der Waals surface area contributed by atoms with E-state index in [0.717, 1.165) is 6.54 Å². The Hall–Kier alpha value is 0.660. The van der Waals surface area contributed by atoms with E-state index in [1.54, 1.807) is 0 Å². The molecule has 0 bridgehead atoms. The highest BCUT2D eigenvalue weighted by Crippen LogP contribution is 1.91. The molecular formula is C10H27NS2. The molecular weight excluding hydrogens is 198 g/mol. The molecule has 0 unspecified atom stereocenters. The Labute approximate surface area is 94.3 Å². The smallest absolute Gasteiger partial charge is 0.00491 e. The van der Waals surface area contributed by atoms with Gasteiger partial charge in [0.05, 0.1) is 0 Å². The van der Waals surface area contributed by atoms with Gasteiger partial charge < -0.3 is 5.32 Å². The van der Waals surface area contributed by atoms with Gasteiger partial charge in [-0.3, -0.25) is 0 Å². The molecule has 0 radical (unpaired) electrons. The summed E-state index contributed by atoms with van der Waals surface area (Å²) in [5.41, 5.74) is 0. The zero-order valence-corrected chi connectivity index (χ0v) is 11.6. The molecule has 0 aliphatic carbocycles. The summed E-state index contributed by atoms with van der Waals surface area (Å²) in [7, 11) is 1.44. The maximum Gasteiger partial charge on any atom is -0.00491 e. The largest absolute Gasteiger partial charge is 0.317 e. The van der Waals surface area contributed by atoms with Crippen LogP contribution in [-0.2, 0) is 0 Å². The van der Waals surface area contributed by atoms with Gasteiger partial charge in [0, 0.05) is 0 Å². The van der Waals surface area contributed by atoms with E-state index in [0.29, 0.717) is 0 Å². The molecule has 0 amide bonds. The van der Waals surface area contributed by atoms with Crippen molar-refractivity contribution in [2.24, 2.45) is 0 Å². The molecule has 1 nitrogen and oxygen atoms in total. The van der Waals surface area contributed by atoms with Crippen molar-refractivity contribution in [1.29, 1.82) is 0 Å². The van der Waals surface area contributed by atoms with Gasteiger partial charge in [0.2, 0.25) is 0 Å². The van der Waals surface area contributed by atoms with Crippen molar-refractivity contribution < 1.29 is 0 Å². The van der Waals surface area contributed by atoms with Crippen LogP contribution in [0.5, 0.6) is 0 Å². The van der Waals surface area contributed by atoms with Crippen LogP contribution in [0.3, 0.4) is 0 Å². The van der Waals surface area contributed by atoms with Gasteiger partial charge in [0.25, 0.3) is 0 Å². The fourth-order valence-electron chi connectivity index (χ4n) is 0.479. The third kappa shape index (κ3) is 66.2. The van der Waals surface area contributed by atoms with Crippen LogP contribution in [0.25, 0.3) is 0 Å². The van der Waals surface area contributed by atoms with Crippen molar-refractivity contribution in [3.63, 3.8) is 0 Å². The van der Waals surface area contributed by atoms with Gasteiger partial charge >= 0.3 is 0 Å². The summed E-state index contributed by atoms with van der Waals surface area (Å²) >= 11 is 3.71. The van der Waals surface area contributed by atoms with Gasteiger partial charge in [-0.15, -0.1) is 22.5 Å². The number of thiol groups is 1. The topological polar surface area (TPSA) is 12.0 Å². The van der Waals surface area contributed by atoms with E-state index in [1.807, 2.05) is 6.26 Å². The minimum absolute atomic E-state index is 1.11. The van der Waals surface area contributed by atoms with Crippen LogP contribution in [0.15, 0.2) is 0 Å². The van der Waals surface area contributed by atoms with Crippen molar-refractivity contribution in [2.45, 2.75) is 47.0 Å². The Morgan fingerprint density at radius 3 is 1.77 bits per heavy atom. The van der Waals surface area contributed by atoms with Crippen LogP contribution in [0.2, 0.25) is 0 Å². The van der Waals surface area contributed by atoms with Crippen molar-refractivity contribution in [1.82, 2.24) is 5.32 Å². The van der Waals surface area contributed by atoms with Crippen molar-refractivity contribution in [2.75, 3.05) is 19.3 Å². The molecule has 0 aromatic rings. The van der Waals surface area contributed by atoms with Crippen molar-refractivity contribution in [3.05, 3.63) is 0 Å². The average Bonchev–Trinajstić information content (AvgIpc) is 2.08. The predicted octanol–water partition coefficient (Wildman–Crippen LogP) is 4.01. The Balaban J connectivity index is -0.000000140. The number of rotatable bonds is 4. The molecule has 0 fully saturated rings. The Kier molecular flexibility index (Phi) is 43.5. The lowest BCUT2D eigenvalue weighted by molar-refractivity contribution is 0.663. The summed E-state index contributed by atoms with van der Waals surface area (Å²) in [6.45, 7) is 10.9. The average molecular weight is 225 g/mol. The molecule has 0 rings (SSSR count). The highest BCUT2D eigenvalue weighted by atomic mass is 33.1. The first-order valence-corrected chi connectivity index (χ1v) is 7.40. The highest BCUT2D eigenvalue weighted by Gasteiger charge is 1.77. The third-order valence-electron chi connectivity index (χ3n) is 0.957. The highest BCUT2D eigenvalue weighted by molar-refractivity contribution is 8.68. The lowest BCUT2D eigenvalue weighted by Gasteiger charge is -1.95. The Morgan fingerprint density at radius 1 is 1.15 bits per heavy atom. The monoisotopic (exact) mass is 225 g/mol. The summed E-state index contributed by atoms with van der Waals surface area (Å²) in [5.74, 6) is 0. The molecule has 0 atom stereocenters. The van der Waals surface area contributed by atoms with Crippen LogP contribution in [0, 0.1) is 0 Å². The molecule has 0 aliphatic heterocycles. The Bertz CT molecular complexity index is 46.2. The van der Waals surface area contributed by atoms with E-state index < -0.39 is 0 Å². The van der Waals surface area contributed by atoms with E-state index in [4.69, 9.17) is 0 Å². The number of unbranched alkanes of at least 4 members (excludes halogenated alkanes) is 1. The van der Waals surface area contributed by atoms with Gasteiger partial charge in [-0.05, 0) is 25.8 Å². The first kappa shape index (κ1) is 19.3. The zero-order valence-electron chi connectivity index (χ0n) is 9.89. The molecule has 3 heteroatoms.